The molecular weight excluding hydrogens is 297 g/mol. The molecular formula is C15H9ClFNO3. The van der Waals surface area contributed by atoms with E-state index >= 15 is 0 Å². The molecule has 2 aromatic rings. The Bertz CT molecular complexity index is 740. The van der Waals surface area contributed by atoms with Gasteiger partial charge in [0, 0.05) is 16.7 Å². The third-order valence-corrected chi connectivity index (χ3v) is 3.05. The highest BCUT2D eigenvalue weighted by atomic mass is 35.5. The van der Waals surface area contributed by atoms with Crippen molar-refractivity contribution in [2.45, 2.75) is 6.61 Å². The van der Waals surface area contributed by atoms with Crippen LogP contribution in [0.15, 0.2) is 36.4 Å². The van der Waals surface area contributed by atoms with E-state index in [1.165, 1.54) is 12.1 Å². The second kappa shape index (κ2) is 6.25. The first-order valence-corrected chi connectivity index (χ1v) is 6.22. The SMILES string of the molecule is N#Cc1ccc(COc2cc(F)cc(C(=O)O)c2)c(Cl)c1. The molecule has 0 spiro atoms. The summed E-state index contributed by atoms with van der Waals surface area (Å²) >= 11 is 5.99. The molecule has 0 saturated carbocycles. The van der Waals surface area contributed by atoms with Crippen molar-refractivity contribution in [3.05, 3.63) is 63.9 Å². The number of carbonyl (C=O) groups is 1. The Morgan fingerprint density at radius 1 is 1.33 bits per heavy atom. The van der Waals surface area contributed by atoms with E-state index in [0.29, 0.717) is 16.1 Å². The lowest BCUT2D eigenvalue weighted by atomic mass is 10.1. The molecule has 0 saturated heterocycles. The Hall–Kier alpha value is -2.58. The number of hydrogen-bond donors (Lipinski definition) is 1. The number of hydrogen-bond acceptors (Lipinski definition) is 3. The third kappa shape index (κ3) is 3.71. The van der Waals surface area contributed by atoms with E-state index in [0.717, 1.165) is 12.1 Å². The summed E-state index contributed by atoms with van der Waals surface area (Å²) in [4.78, 5) is 10.8. The van der Waals surface area contributed by atoms with Gasteiger partial charge in [0.05, 0.1) is 17.2 Å². The maximum Gasteiger partial charge on any atom is 0.335 e. The zero-order chi connectivity index (χ0) is 15.4. The van der Waals surface area contributed by atoms with Crippen LogP contribution in [0.3, 0.4) is 0 Å². The molecule has 0 aliphatic carbocycles. The van der Waals surface area contributed by atoms with Gasteiger partial charge in [0.2, 0.25) is 0 Å². The standard InChI is InChI=1S/C15H9ClFNO3/c16-14-3-9(7-18)1-2-10(14)8-21-13-5-11(15(19)20)4-12(17)6-13/h1-6H,8H2,(H,19,20). The number of rotatable bonds is 4. The molecule has 0 fully saturated rings. The molecule has 4 nitrogen and oxygen atoms in total. The minimum Gasteiger partial charge on any atom is -0.489 e. The van der Waals surface area contributed by atoms with Crippen LogP contribution in [0.1, 0.15) is 21.5 Å². The van der Waals surface area contributed by atoms with Crippen molar-refractivity contribution in [1.29, 1.82) is 5.26 Å². The van der Waals surface area contributed by atoms with E-state index < -0.39 is 11.8 Å². The van der Waals surface area contributed by atoms with Crippen molar-refractivity contribution >= 4 is 17.6 Å². The Kier molecular flexibility index (Phi) is 4.41. The van der Waals surface area contributed by atoms with Crippen molar-refractivity contribution in [3.63, 3.8) is 0 Å². The second-order valence-corrected chi connectivity index (χ2v) is 4.59. The molecule has 0 heterocycles. The first kappa shape index (κ1) is 14.8. The molecule has 0 aliphatic rings. The maximum absolute atomic E-state index is 13.3. The highest BCUT2D eigenvalue weighted by Gasteiger charge is 2.09. The van der Waals surface area contributed by atoms with Gasteiger partial charge in [0.15, 0.2) is 0 Å². The van der Waals surface area contributed by atoms with E-state index in [1.54, 1.807) is 12.1 Å². The predicted octanol–water partition coefficient (Wildman–Crippen LogP) is 3.63. The molecule has 0 atom stereocenters. The molecule has 0 aliphatic heterocycles. The zero-order valence-corrected chi connectivity index (χ0v) is 11.4. The topological polar surface area (TPSA) is 70.3 Å². The molecule has 106 valence electrons. The van der Waals surface area contributed by atoms with Crippen LogP contribution < -0.4 is 4.74 Å². The van der Waals surface area contributed by atoms with Crippen LogP contribution in [0, 0.1) is 17.1 Å². The van der Waals surface area contributed by atoms with Gasteiger partial charge in [-0.2, -0.15) is 5.26 Å². The summed E-state index contributed by atoms with van der Waals surface area (Å²) in [6.45, 7) is 0.0348. The minimum absolute atomic E-state index is 0.0348. The molecule has 1 N–H and O–H groups in total. The van der Waals surface area contributed by atoms with E-state index in [2.05, 4.69) is 0 Å². The van der Waals surface area contributed by atoms with Gasteiger partial charge in [0.1, 0.15) is 18.2 Å². The van der Waals surface area contributed by atoms with Crippen LogP contribution in [-0.4, -0.2) is 11.1 Å². The van der Waals surface area contributed by atoms with Gasteiger partial charge < -0.3 is 9.84 Å². The summed E-state index contributed by atoms with van der Waals surface area (Å²) in [5.74, 6) is -1.85. The van der Waals surface area contributed by atoms with Crippen molar-refractivity contribution in [3.8, 4) is 11.8 Å². The molecule has 0 radical (unpaired) electrons. The first-order chi connectivity index (χ1) is 9.99. The number of ether oxygens (including phenoxy) is 1. The van der Waals surface area contributed by atoms with Gasteiger partial charge in [-0.05, 0) is 24.3 Å². The Balaban J connectivity index is 2.17. The molecule has 2 aromatic carbocycles. The fourth-order valence-electron chi connectivity index (χ4n) is 1.66. The lowest BCUT2D eigenvalue weighted by Crippen LogP contribution is -2.01. The normalized spacial score (nSPS) is 9.95. The van der Waals surface area contributed by atoms with E-state index in [4.69, 9.17) is 26.7 Å². The Morgan fingerprint density at radius 2 is 2.10 bits per heavy atom. The van der Waals surface area contributed by atoms with Gasteiger partial charge >= 0.3 is 5.97 Å². The van der Waals surface area contributed by atoms with Crippen LogP contribution in [-0.2, 0) is 6.61 Å². The quantitative estimate of drug-likeness (QED) is 0.936. The first-order valence-electron chi connectivity index (χ1n) is 5.85. The summed E-state index contributed by atoms with van der Waals surface area (Å²) in [5.41, 5.74) is 0.829. The van der Waals surface area contributed by atoms with Gasteiger partial charge in [-0.25, -0.2) is 9.18 Å². The number of nitriles is 1. The summed E-state index contributed by atoms with van der Waals surface area (Å²) in [6, 6.07) is 9.88. The summed E-state index contributed by atoms with van der Waals surface area (Å²) in [7, 11) is 0. The smallest absolute Gasteiger partial charge is 0.335 e. The average molecular weight is 306 g/mol. The largest absolute Gasteiger partial charge is 0.489 e. The van der Waals surface area contributed by atoms with Gasteiger partial charge in [-0.1, -0.05) is 17.7 Å². The fraction of sp³-hybridized carbons (Fsp3) is 0.0667. The summed E-state index contributed by atoms with van der Waals surface area (Å²) in [5, 5.41) is 17.9. The van der Waals surface area contributed by atoms with E-state index in [-0.39, 0.29) is 17.9 Å². The molecule has 6 heteroatoms. The zero-order valence-electron chi connectivity index (χ0n) is 10.6. The predicted molar refractivity (Wildman–Crippen MR) is 73.9 cm³/mol. The molecule has 21 heavy (non-hydrogen) atoms. The fourth-order valence-corrected chi connectivity index (χ4v) is 1.90. The van der Waals surface area contributed by atoms with Gasteiger partial charge in [-0.3, -0.25) is 0 Å². The number of carboxylic acid groups (broad SMARTS) is 1. The average Bonchev–Trinajstić information content (AvgIpc) is 2.45. The Labute approximate surface area is 125 Å². The highest BCUT2D eigenvalue weighted by Crippen LogP contribution is 2.22. The van der Waals surface area contributed by atoms with Crippen LogP contribution in [0.5, 0.6) is 5.75 Å². The lowest BCUT2D eigenvalue weighted by Gasteiger charge is -2.09. The van der Waals surface area contributed by atoms with Crippen molar-refractivity contribution < 1.29 is 19.0 Å². The number of halogens is 2. The number of carboxylic acids is 1. The van der Waals surface area contributed by atoms with E-state index in [9.17, 15) is 9.18 Å². The number of aromatic carboxylic acids is 1. The number of benzene rings is 2. The van der Waals surface area contributed by atoms with Crippen molar-refractivity contribution in [2.24, 2.45) is 0 Å². The summed E-state index contributed by atoms with van der Waals surface area (Å²) in [6.07, 6.45) is 0. The van der Waals surface area contributed by atoms with Crippen LogP contribution >= 0.6 is 11.6 Å². The van der Waals surface area contributed by atoms with Crippen LogP contribution in [0.25, 0.3) is 0 Å². The molecule has 0 aromatic heterocycles. The van der Waals surface area contributed by atoms with Gasteiger partial charge in [0.25, 0.3) is 0 Å². The molecule has 0 unspecified atom stereocenters. The minimum atomic E-state index is -1.24. The summed E-state index contributed by atoms with van der Waals surface area (Å²) < 4.78 is 18.6. The maximum atomic E-state index is 13.3. The lowest BCUT2D eigenvalue weighted by molar-refractivity contribution is 0.0695. The molecule has 2 rings (SSSR count). The second-order valence-electron chi connectivity index (χ2n) is 4.19. The van der Waals surface area contributed by atoms with Crippen molar-refractivity contribution in [2.75, 3.05) is 0 Å². The van der Waals surface area contributed by atoms with Crippen LogP contribution in [0.4, 0.5) is 4.39 Å². The monoisotopic (exact) mass is 305 g/mol. The van der Waals surface area contributed by atoms with E-state index in [1.807, 2.05) is 6.07 Å². The van der Waals surface area contributed by atoms with Gasteiger partial charge in [-0.15, -0.1) is 0 Å². The molecule has 0 bridgehead atoms. The Morgan fingerprint density at radius 3 is 2.71 bits per heavy atom. The number of nitrogens with zero attached hydrogens (tertiary/aromatic N) is 1. The molecule has 0 amide bonds. The van der Waals surface area contributed by atoms with Crippen LogP contribution in [0.2, 0.25) is 5.02 Å². The third-order valence-electron chi connectivity index (χ3n) is 2.69. The highest BCUT2D eigenvalue weighted by molar-refractivity contribution is 6.31. The van der Waals surface area contributed by atoms with Crippen molar-refractivity contribution in [1.82, 2.24) is 0 Å².